The summed E-state index contributed by atoms with van der Waals surface area (Å²) in [6.07, 6.45) is 0. The molecule has 1 aromatic heterocycles. The van der Waals surface area contributed by atoms with Crippen LogP contribution in [0.1, 0.15) is 5.56 Å². The number of benzene rings is 2. The molecule has 3 rings (SSSR count). The van der Waals surface area contributed by atoms with Crippen LogP contribution in [0.4, 0.5) is 4.39 Å². The summed E-state index contributed by atoms with van der Waals surface area (Å²) in [7, 11) is 3.59. The van der Waals surface area contributed by atoms with Crippen molar-refractivity contribution in [2.75, 3.05) is 14.2 Å². The second kappa shape index (κ2) is 7.58. The van der Waals surface area contributed by atoms with E-state index in [0.29, 0.717) is 18.8 Å². The van der Waals surface area contributed by atoms with E-state index >= 15 is 0 Å². The molecular weight excluding hydrogens is 341 g/mol. The fourth-order valence-electron chi connectivity index (χ4n) is 2.46. The highest BCUT2D eigenvalue weighted by Crippen LogP contribution is 2.21. The van der Waals surface area contributed by atoms with Crippen molar-refractivity contribution in [2.45, 2.75) is 13.2 Å². The molecule has 0 radical (unpaired) electrons. The van der Waals surface area contributed by atoms with Crippen molar-refractivity contribution in [1.29, 1.82) is 0 Å². The standard InChI is InChI=1S/C18H18FN3O2S/c1-21(11-13-7-9-14(23-2)10-8-13)12-22-18(25)24-17(20-22)15-5-3-4-6-16(15)19/h3-10H,11-12H2,1-2H3. The van der Waals surface area contributed by atoms with E-state index in [2.05, 4.69) is 5.10 Å². The summed E-state index contributed by atoms with van der Waals surface area (Å²) >= 11 is 5.20. The van der Waals surface area contributed by atoms with Gasteiger partial charge in [-0.15, -0.1) is 5.10 Å². The zero-order valence-corrected chi connectivity index (χ0v) is 14.8. The minimum Gasteiger partial charge on any atom is -0.497 e. The van der Waals surface area contributed by atoms with Crippen LogP contribution < -0.4 is 4.74 Å². The molecule has 3 aromatic rings. The lowest BCUT2D eigenvalue weighted by Crippen LogP contribution is -2.22. The summed E-state index contributed by atoms with van der Waals surface area (Å²) in [5.41, 5.74) is 1.43. The van der Waals surface area contributed by atoms with Crippen molar-refractivity contribution in [3.05, 3.63) is 64.7 Å². The third-order valence-electron chi connectivity index (χ3n) is 3.70. The molecule has 130 valence electrons. The number of halogens is 1. The molecular formula is C18H18FN3O2S. The first-order valence-corrected chi connectivity index (χ1v) is 8.12. The maximum absolute atomic E-state index is 13.9. The van der Waals surface area contributed by atoms with E-state index in [9.17, 15) is 4.39 Å². The van der Waals surface area contributed by atoms with Crippen LogP contribution in [-0.2, 0) is 13.2 Å². The van der Waals surface area contributed by atoms with Gasteiger partial charge in [0.15, 0.2) is 0 Å². The highest BCUT2D eigenvalue weighted by atomic mass is 32.1. The summed E-state index contributed by atoms with van der Waals surface area (Å²) < 4.78 is 26.0. The summed E-state index contributed by atoms with van der Waals surface area (Å²) in [4.78, 5) is 2.24. The smallest absolute Gasteiger partial charge is 0.288 e. The minimum atomic E-state index is -0.391. The monoisotopic (exact) mass is 359 g/mol. The van der Waals surface area contributed by atoms with E-state index in [1.807, 2.05) is 36.2 Å². The lowest BCUT2D eigenvalue weighted by Gasteiger charge is -2.16. The van der Waals surface area contributed by atoms with E-state index < -0.39 is 5.82 Å². The first-order chi connectivity index (χ1) is 12.1. The predicted molar refractivity (Wildman–Crippen MR) is 95.2 cm³/mol. The van der Waals surface area contributed by atoms with E-state index in [4.69, 9.17) is 21.4 Å². The number of hydrogen-bond donors (Lipinski definition) is 0. The molecule has 25 heavy (non-hydrogen) atoms. The first-order valence-electron chi connectivity index (χ1n) is 7.71. The fraction of sp³-hybridized carbons (Fsp3) is 0.222. The molecule has 2 aromatic carbocycles. The molecule has 0 spiro atoms. The number of hydrogen-bond acceptors (Lipinski definition) is 5. The minimum absolute atomic E-state index is 0.181. The van der Waals surface area contributed by atoms with Crippen LogP contribution in [0.5, 0.6) is 5.75 Å². The lowest BCUT2D eigenvalue weighted by atomic mass is 10.2. The average Bonchev–Trinajstić information content (AvgIpc) is 2.96. The highest BCUT2D eigenvalue weighted by molar-refractivity contribution is 7.71. The van der Waals surface area contributed by atoms with Crippen molar-refractivity contribution < 1.29 is 13.5 Å². The number of methoxy groups -OCH3 is 1. The van der Waals surface area contributed by atoms with Gasteiger partial charge in [0, 0.05) is 6.54 Å². The molecule has 0 unspecified atom stereocenters. The van der Waals surface area contributed by atoms with Crippen LogP contribution in [0.25, 0.3) is 11.5 Å². The largest absolute Gasteiger partial charge is 0.497 e. The Labute approximate surface area is 150 Å². The summed E-state index contributed by atoms with van der Waals surface area (Å²) in [6.45, 7) is 1.14. The number of aromatic nitrogens is 2. The van der Waals surface area contributed by atoms with Crippen LogP contribution >= 0.6 is 12.2 Å². The van der Waals surface area contributed by atoms with Crippen molar-refractivity contribution in [2.24, 2.45) is 0 Å². The van der Waals surface area contributed by atoms with Gasteiger partial charge in [-0.05, 0) is 49.1 Å². The topological polar surface area (TPSA) is 43.4 Å². The van der Waals surface area contributed by atoms with Gasteiger partial charge in [0.05, 0.1) is 19.3 Å². The van der Waals surface area contributed by atoms with Gasteiger partial charge in [-0.25, -0.2) is 9.07 Å². The van der Waals surface area contributed by atoms with Crippen LogP contribution in [0.15, 0.2) is 52.9 Å². The van der Waals surface area contributed by atoms with Crippen molar-refractivity contribution >= 4 is 12.2 Å². The SMILES string of the molecule is COc1ccc(CN(C)Cn2nc(-c3ccccc3F)oc2=S)cc1. The molecule has 7 heteroatoms. The predicted octanol–water partition coefficient (Wildman–Crippen LogP) is 4.11. The van der Waals surface area contributed by atoms with Gasteiger partial charge < -0.3 is 9.15 Å². The molecule has 0 fully saturated rings. The lowest BCUT2D eigenvalue weighted by molar-refractivity contribution is 0.240. The third kappa shape index (κ3) is 4.12. The van der Waals surface area contributed by atoms with Gasteiger partial charge in [-0.3, -0.25) is 4.90 Å². The first kappa shape index (κ1) is 17.3. The van der Waals surface area contributed by atoms with Gasteiger partial charge in [-0.2, -0.15) is 0 Å². The third-order valence-corrected chi connectivity index (χ3v) is 3.99. The number of rotatable bonds is 6. The molecule has 0 N–H and O–H groups in total. The zero-order valence-electron chi connectivity index (χ0n) is 14.0. The number of nitrogens with zero attached hydrogens (tertiary/aromatic N) is 3. The molecule has 0 aliphatic heterocycles. The van der Waals surface area contributed by atoms with Crippen LogP contribution in [-0.4, -0.2) is 28.8 Å². The Balaban J connectivity index is 1.72. The molecule has 0 atom stereocenters. The Hall–Kier alpha value is -2.51. The number of ether oxygens (including phenoxy) is 1. The van der Waals surface area contributed by atoms with Crippen LogP contribution in [0, 0.1) is 10.7 Å². The van der Waals surface area contributed by atoms with E-state index in [1.54, 1.807) is 30.0 Å². The second-order valence-electron chi connectivity index (χ2n) is 5.66. The van der Waals surface area contributed by atoms with Crippen LogP contribution in [0.2, 0.25) is 0 Å². The second-order valence-corrected chi connectivity index (χ2v) is 6.01. The van der Waals surface area contributed by atoms with Gasteiger partial charge >= 0.3 is 0 Å². The van der Waals surface area contributed by atoms with E-state index in [1.165, 1.54) is 6.07 Å². The van der Waals surface area contributed by atoms with Crippen LogP contribution in [0.3, 0.4) is 0 Å². The Morgan fingerprint density at radius 1 is 1.20 bits per heavy atom. The zero-order chi connectivity index (χ0) is 17.8. The maximum atomic E-state index is 13.9. The summed E-state index contributed by atoms with van der Waals surface area (Å²) in [5.74, 6) is 0.609. The van der Waals surface area contributed by atoms with E-state index in [0.717, 1.165) is 11.3 Å². The molecule has 0 bridgehead atoms. The van der Waals surface area contributed by atoms with Gasteiger partial charge in [0.25, 0.3) is 4.84 Å². The molecule has 0 saturated carbocycles. The quantitative estimate of drug-likeness (QED) is 0.620. The fourth-order valence-corrected chi connectivity index (χ4v) is 2.64. The van der Waals surface area contributed by atoms with Gasteiger partial charge in [-0.1, -0.05) is 24.3 Å². The van der Waals surface area contributed by atoms with Gasteiger partial charge in [0.2, 0.25) is 5.89 Å². The van der Waals surface area contributed by atoms with Crippen molar-refractivity contribution in [3.8, 4) is 17.2 Å². The Morgan fingerprint density at radius 3 is 2.60 bits per heavy atom. The highest BCUT2D eigenvalue weighted by Gasteiger charge is 2.13. The Bertz CT molecular complexity index is 905. The Kier molecular flexibility index (Phi) is 5.25. The molecule has 5 nitrogen and oxygen atoms in total. The summed E-state index contributed by atoms with van der Waals surface area (Å²) in [6, 6.07) is 14.2. The average molecular weight is 359 g/mol. The molecule has 0 saturated heterocycles. The van der Waals surface area contributed by atoms with E-state index in [-0.39, 0.29) is 10.7 Å². The molecule has 0 aliphatic carbocycles. The van der Waals surface area contributed by atoms with Crippen molar-refractivity contribution in [3.63, 3.8) is 0 Å². The molecule has 0 aliphatic rings. The molecule has 1 heterocycles. The molecule has 0 amide bonds. The summed E-state index contributed by atoms with van der Waals surface area (Å²) in [5, 5.41) is 4.29. The Morgan fingerprint density at radius 2 is 1.92 bits per heavy atom. The van der Waals surface area contributed by atoms with Gasteiger partial charge in [0.1, 0.15) is 11.6 Å². The maximum Gasteiger partial charge on any atom is 0.288 e. The normalized spacial score (nSPS) is 11.0. The van der Waals surface area contributed by atoms with Crippen molar-refractivity contribution in [1.82, 2.24) is 14.7 Å².